The summed E-state index contributed by atoms with van der Waals surface area (Å²) < 4.78 is 12.8. The zero-order valence-electron chi connectivity index (χ0n) is 13.3. The van der Waals surface area contributed by atoms with Crippen LogP contribution in [0.2, 0.25) is 0 Å². The monoisotopic (exact) mass is 295 g/mol. The molecule has 2 atom stereocenters. The van der Waals surface area contributed by atoms with E-state index < -0.39 is 0 Å². The summed E-state index contributed by atoms with van der Waals surface area (Å²) in [5.41, 5.74) is 1.74. The van der Waals surface area contributed by atoms with Gasteiger partial charge in [0.1, 0.15) is 5.69 Å². The molecule has 1 aromatic heterocycles. The van der Waals surface area contributed by atoms with Crippen molar-refractivity contribution in [3.63, 3.8) is 0 Å². The number of ether oxygens (including phenoxy) is 2. The molecule has 6 heteroatoms. The molecule has 0 aliphatic carbocycles. The number of hydrogen-bond acceptors (Lipinski definition) is 4. The maximum absolute atomic E-state index is 11.9. The molecule has 6 nitrogen and oxygen atoms in total. The Morgan fingerprint density at radius 2 is 2.29 bits per heavy atom. The first kappa shape index (κ1) is 15.8. The first-order valence-electron chi connectivity index (χ1n) is 7.48. The molecule has 1 N–H and O–H groups in total. The highest BCUT2D eigenvalue weighted by atomic mass is 16.5. The molecule has 1 fully saturated rings. The van der Waals surface area contributed by atoms with E-state index in [1.54, 1.807) is 4.68 Å². The van der Waals surface area contributed by atoms with Crippen LogP contribution in [0.4, 0.5) is 0 Å². The van der Waals surface area contributed by atoms with E-state index in [0.29, 0.717) is 18.2 Å². The number of hydrogen-bond donors (Lipinski definition) is 1. The maximum atomic E-state index is 11.9. The Labute approximate surface area is 125 Å². The van der Waals surface area contributed by atoms with Gasteiger partial charge in [-0.25, -0.2) is 0 Å². The number of aryl methyl sites for hydroxylation is 2. The summed E-state index contributed by atoms with van der Waals surface area (Å²) in [5, 5.41) is 7.20. The highest BCUT2D eigenvalue weighted by Gasteiger charge is 2.20. The summed E-state index contributed by atoms with van der Waals surface area (Å²) in [5.74, 6) is 1.11. The molecular weight excluding hydrogens is 270 g/mol. The minimum Gasteiger partial charge on any atom is -0.480 e. The average molecular weight is 295 g/mol. The third-order valence-electron chi connectivity index (χ3n) is 3.97. The average Bonchev–Trinajstić information content (AvgIpc) is 2.68. The van der Waals surface area contributed by atoms with E-state index >= 15 is 0 Å². The molecule has 1 amide bonds. The van der Waals surface area contributed by atoms with Crippen LogP contribution in [0.5, 0.6) is 5.75 Å². The van der Waals surface area contributed by atoms with Crippen LogP contribution in [0, 0.1) is 19.8 Å². The number of nitrogens with zero attached hydrogens (tertiary/aromatic N) is 2. The van der Waals surface area contributed by atoms with Gasteiger partial charge in [0.25, 0.3) is 5.91 Å². The maximum Gasteiger partial charge on any atom is 0.257 e. The van der Waals surface area contributed by atoms with Crippen molar-refractivity contribution in [1.82, 2.24) is 15.1 Å². The highest BCUT2D eigenvalue weighted by molar-refractivity contribution is 5.77. The molecule has 2 heterocycles. The van der Waals surface area contributed by atoms with Gasteiger partial charge in [0.05, 0.1) is 11.8 Å². The minimum absolute atomic E-state index is 0.0339. The van der Waals surface area contributed by atoms with Gasteiger partial charge in [-0.3, -0.25) is 9.48 Å². The van der Waals surface area contributed by atoms with Gasteiger partial charge >= 0.3 is 0 Å². The Hall–Kier alpha value is -1.56. The minimum atomic E-state index is -0.0863. The molecule has 1 aliphatic heterocycles. The Bertz CT molecular complexity index is 499. The zero-order valence-corrected chi connectivity index (χ0v) is 13.3. The van der Waals surface area contributed by atoms with Crippen LogP contribution in [0.25, 0.3) is 0 Å². The quantitative estimate of drug-likeness (QED) is 0.890. The predicted molar refractivity (Wildman–Crippen MR) is 79.3 cm³/mol. The molecular formula is C15H25N3O3. The Morgan fingerprint density at radius 3 is 2.90 bits per heavy atom. The van der Waals surface area contributed by atoms with Crippen LogP contribution >= 0.6 is 0 Å². The number of nitrogens with one attached hydrogen (secondary N) is 1. The van der Waals surface area contributed by atoms with E-state index in [4.69, 9.17) is 9.47 Å². The molecule has 0 radical (unpaired) electrons. The summed E-state index contributed by atoms with van der Waals surface area (Å²) >= 11 is 0. The fourth-order valence-electron chi connectivity index (χ4n) is 2.69. The lowest BCUT2D eigenvalue weighted by Crippen LogP contribution is -2.36. The molecule has 0 aromatic carbocycles. The first-order chi connectivity index (χ1) is 9.97. The van der Waals surface area contributed by atoms with E-state index in [9.17, 15) is 4.79 Å². The normalized spacial score (nSPS) is 22.1. The van der Waals surface area contributed by atoms with E-state index in [0.717, 1.165) is 30.8 Å². The van der Waals surface area contributed by atoms with Gasteiger partial charge in [-0.05, 0) is 39.5 Å². The molecule has 118 valence electrons. The van der Waals surface area contributed by atoms with Gasteiger partial charge in [-0.1, -0.05) is 0 Å². The summed E-state index contributed by atoms with van der Waals surface area (Å²) in [6, 6.07) is 0. The van der Waals surface area contributed by atoms with E-state index in [-0.39, 0.29) is 18.6 Å². The van der Waals surface area contributed by atoms with E-state index in [1.807, 2.05) is 20.9 Å². The summed E-state index contributed by atoms with van der Waals surface area (Å²) in [6.07, 6.45) is 2.30. The van der Waals surface area contributed by atoms with E-state index in [1.165, 1.54) is 0 Å². The standard InChI is InChI=1S/C15H25N3O3/c1-10-7-13(5-6-20-10)8-16-14(19)9-21-15-11(2)17-18(4)12(15)3/h10,13H,5-9H2,1-4H3,(H,16,19). The second kappa shape index (κ2) is 6.93. The van der Waals surface area contributed by atoms with Gasteiger partial charge in [0, 0.05) is 20.2 Å². The molecule has 21 heavy (non-hydrogen) atoms. The third-order valence-corrected chi connectivity index (χ3v) is 3.97. The van der Waals surface area contributed by atoms with Crippen LogP contribution in [0.3, 0.4) is 0 Å². The predicted octanol–water partition coefficient (Wildman–Crippen LogP) is 1.35. The van der Waals surface area contributed by atoms with Crippen molar-refractivity contribution in [2.45, 2.75) is 39.7 Å². The fraction of sp³-hybridized carbons (Fsp3) is 0.733. The molecule has 1 aromatic rings. The van der Waals surface area contributed by atoms with Crippen molar-refractivity contribution in [1.29, 1.82) is 0 Å². The summed E-state index contributed by atoms with van der Waals surface area (Å²) in [7, 11) is 1.86. The molecule has 0 spiro atoms. The Morgan fingerprint density at radius 1 is 1.52 bits per heavy atom. The molecule has 0 saturated carbocycles. The number of rotatable bonds is 5. The number of aromatic nitrogens is 2. The first-order valence-corrected chi connectivity index (χ1v) is 7.48. The van der Waals surface area contributed by atoms with Gasteiger partial charge in [0.2, 0.25) is 0 Å². The summed E-state index contributed by atoms with van der Waals surface area (Å²) in [4.78, 5) is 11.9. The lowest BCUT2D eigenvalue weighted by molar-refractivity contribution is -0.123. The van der Waals surface area contributed by atoms with Crippen molar-refractivity contribution in [3.8, 4) is 5.75 Å². The van der Waals surface area contributed by atoms with Crippen LogP contribution in [0.1, 0.15) is 31.2 Å². The molecule has 1 aliphatic rings. The highest BCUT2D eigenvalue weighted by Crippen LogP contribution is 2.21. The van der Waals surface area contributed by atoms with Crippen molar-refractivity contribution >= 4 is 5.91 Å². The lowest BCUT2D eigenvalue weighted by Gasteiger charge is -2.27. The summed E-state index contributed by atoms with van der Waals surface area (Å²) in [6.45, 7) is 7.39. The molecule has 1 saturated heterocycles. The van der Waals surface area contributed by atoms with Gasteiger partial charge in [-0.2, -0.15) is 5.10 Å². The van der Waals surface area contributed by atoms with Crippen LogP contribution in [-0.2, 0) is 16.6 Å². The fourth-order valence-corrected chi connectivity index (χ4v) is 2.69. The SMILES string of the molecule is Cc1nn(C)c(C)c1OCC(=O)NCC1CCOC(C)C1. The zero-order chi connectivity index (χ0) is 15.4. The number of carbonyl (C=O) groups excluding carboxylic acids is 1. The van der Waals surface area contributed by atoms with Crippen molar-refractivity contribution < 1.29 is 14.3 Å². The lowest BCUT2D eigenvalue weighted by atomic mass is 9.96. The van der Waals surface area contributed by atoms with Gasteiger partial charge < -0.3 is 14.8 Å². The van der Waals surface area contributed by atoms with Crippen molar-refractivity contribution in [2.24, 2.45) is 13.0 Å². The van der Waals surface area contributed by atoms with Crippen LogP contribution < -0.4 is 10.1 Å². The number of carbonyl (C=O) groups is 1. The number of amides is 1. The Kier molecular flexibility index (Phi) is 5.22. The second-order valence-corrected chi connectivity index (χ2v) is 5.79. The molecule has 0 bridgehead atoms. The van der Waals surface area contributed by atoms with Gasteiger partial charge in [-0.15, -0.1) is 0 Å². The van der Waals surface area contributed by atoms with Crippen LogP contribution in [-0.4, -0.2) is 41.6 Å². The van der Waals surface area contributed by atoms with E-state index in [2.05, 4.69) is 17.3 Å². The second-order valence-electron chi connectivity index (χ2n) is 5.79. The van der Waals surface area contributed by atoms with Crippen molar-refractivity contribution in [2.75, 3.05) is 19.8 Å². The van der Waals surface area contributed by atoms with Gasteiger partial charge in [0.15, 0.2) is 12.4 Å². The topological polar surface area (TPSA) is 65.4 Å². The van der Waals surface area contributed by atoms with Crippen molar-refractivity contribution in [3.05, 3.63) is 11.4 Å². The third kappa shape index (κ3) is 4.20. The Balaban J connectivity index is 1.74. The largest absolute Gasteiger partial charge is 0.480 e. The van der Waals surface area contributed by atoms with Crippen LogP contribution in [0.15, 0.2) is 0 Å². The molecule has 2 rings (SSSR count). The molecule has 2 unspecified atom stereocenters. The smallest absolute Gasteiger partial charge is 0.257 e.